The van der Waals surface area contributed by atoms with E-state index in [0.29, 0.717) is 12.2 Å². The highest BCUT2D eigenvalue weighted by molar-refractivity contribution is 6.15. The number of phenolic OH excluding ortho intramolecular Hbond substituents is 2. The molecule has 0 spiro atoms. The highest BCUT2D eigenvalue weighted by atomic mass is 16.7. The monoisotopic (exact) mass is 419 g/mol. The smallest absolute Gasteiger partial charge is 0.281 e. The van der Waals surface area contributed by atoms with Gasteiger partial charge in [0.2, 0.25) is 0 Å². The van der Waals surface area contributed by atoms with E-state index in [-0.39, 0.29) is 11.5 Å². The second-order valence-electron chi connectivity index (χ2n) is 7.86. The van der Waals surface area contributed by atoms with E-state index in [1.54, 1.807) is 60.7 Å². The summed E-state index contributed by atoms with van der Waals surface area (Å²) in [6.07, 6.45) is 8.06. The molecule has 1 fully saturated rings. The number of aromatic hydroxyl groups is 2. The molecule has 6 heteroatoms. The minimum absolute atomic E-state index is 0.106. The highest BCUT2D eigenvalue weighted by Crippen LogP contribution is 2.50. The fraction of sp³-hybridized carbons (Fsp3) is 0.280. The van der Waals surface area contributed by atoms with Crippen LogP contribution in [-0.2, 0) is 19.8 Å². The first-order chi connectivity index (χ1) is 15.0. The van der Waals surface area contributed by atoms with Gasteiger partial charge >= 0.3 is 0 Å². The number of carbonyl (C=O) groups excluding carboxylic acids is 2. The van der Waals surface area contributed by atoms with Crippen LogP contribution in [0.15, 0.2) is 72.3 Å². The molecular weight excluding hydrogens is 394 g/mol. The normalized spacial score (nSPS) is 19.5. The number of unbranched alkanes of at least 4 members (excludes halogenated alkanes) is 2. The van der Waals surface area contributed by atoms with Gasteiger partial charge in [0, 0.05) is 5.57 Å². The Labute approximate surface area is 181 Å². The van der Waals surface area contributed by atoms with E-state index in [4.69, 9.17) is 4.84 Å². The lowest BCUT2D eigenvalue weighted by Crippen LogP contribution is -2.41. The number of hydrogen-bond donors (Lipinski definition) is 2. The standard InChI is InChI=1S/C25H25NO5/c1-2-3-4-16-31-26-23(29)21-6-5-15-25(22(21)24(26)30,17-7-11-19(27)12-8-17)18-9-13-20(28)14-10-18/h5-15,22,27-28H,2-4,16H2,1H3. The van der Waals surface area contributed by atoms with E-state index >= 15 is 0 Å². The fourth-order valence-electron chi connectivity index (χ4n) is 4.40. The van der Waals surface area contributed by atoms with Gasteiger partial charge in [-0.15, -0.1) is 5.06 Å². The van der Waals surface area contributed by atoms with E-state index in [2.05, 4.69) is 6.92 Å². The second kappa shape index (κ2) is 8.40. The Morgan fingerprint density at radius 2 is 1.52 bits per heavy atom. The first-order valence-corrected chi connectivity index (χ1v) is 10.5. The van der Waals surface area contributed by atoms with Gasteiger partial charge in [0.15, 0.2) is 0 Å². The van der Waals surface area contributed by atoms with Gasteiger partial charge in [-0.2, -0.15) is 0 Å². The minimum Gasteiger partial charge on any atom is -0.508 e. The van der Waals surface area contributed by atoms with Crippen molar-refractivity contribution in [1.82, 2.24) is 5.06 Å². The first-order valence-electron chi connectivity index (χ1n) is 10.5. The summed E-state index contributed by atoms with van der Waals surface area (Å²) in [6.45, 7) is 2.37. The molecule has 2 N–H and O–H groups in total. The van der Waals surface area contributed by atoms with Crippen molar-refractivity contribution in [1.29, 1.82) is 0 Å². The van der Waals surface area contributed by atoms with Crippen LogP contribution in [-0.4, -0.2) is 33.7 Å². The zero-order valence-electron chi connectivity index (χ0n) is 17.3. The Hall–Kier alpha value is -3.38. The summed E-state index contributed by atoms with van der Waals surface area (Å²) in [6, 6.07) is 13.2. The van der Waals surface area contributed by atoms with Crippen molar-refractivity contribution in [2.75, 3.05) is 6.61 Å². The van der Waals surface area contributed by atoms with Crippen LogP contribution in [0.1, 0.15) is 37.3 Å². The number of hydroxylamine groups is 2. The van der Waals surface area contributed by atoms with Crippen LogP contribution in [0.3, 0.4) is 0 Å². The Morgan fingerprint density at radius 3 is 2.06 bits per heavy atom. The van der Waals surface area contributed by atoms with E-state index in [0.717, 1.165) is 35.5 Å². The molecule has 6 nitrogen and oxygen atoms in total. The molecule has 0 radical (unpaired) electrons. The van der Waals surface area contributed by atoms with Gasteiger partial charge in [-0.1, -0.05) is 62.3 Å². The number of phenols is 2. The topological polar surface area (TPSA) is 87.1 Å². The van der Waals surface area contributed by atoms with Crippen molar-refractivity contribution in [2.24, 2.45) is 5.92 Å². The number of allylic oxidation sites excluding steroid dienone is 3. The highest BCUT2D eigenvalue weighted by Gasteiger charge is 2.56. The van der Waals surface area contributed by atoms with E-state index in [1.807, 2.05) is 6.08 Å². The molecule has 160 valence electrons. The van der Waals surface area contributed by atoms with Gasteiger partial charge in [-0.25, -0.2) is 0 Å². The second-order valence-corrected chi connectivity index (χ2v) is 7.86. The number of nitrogens with zero attached hydrogens (tertiary/aromatic N) is 1. The summed E-state index contributed by atoms with van der Waals surface area (Å²) in [5, 5.41) is 20.5. The Morgan fingerprint density at radius 1 is 0.935 bits per heavy atom. The molecule has 1 heterocycles. The number of rotatable bonds is 7. The number of amides is 2. The molecule has 0 bridgehead atoms. The van der Waals surface area contributed by atoms with Gasteiger partial charge in [0.1, 0.15) is 11.5 Å². The number of carbonyl (C=O) groups is 2. The van der Waals surface area contributed by atoms with Crippen LogP contribution in [0.5, 0.6) is 11.5 Å². The molecule has 31 heavy (non-hydrogen) atoms. The van der Waals surface area contributed by atoms with E-state index in [1.165, 1.54) is 0 Å². The van der Waals surface area contributed by atoms with Crippen molar-refractivity contribution >= 4 is 11.8 Å². The maximum Gasteiger partial charge on any atom is 0.281 e. The molecule has 0 aromatic heterocycles. The molecule has 1 atom stereocenters. The van der Waals surface area contributed by atoms with Gasteiger partial charge < -0.3 is 10.2 Å². The van der Waals surface area contributed by atoms with E-state index in [9.17, 15) is 19.8 Å². The molecule has 2 aromatic carbocycles. The molecule has 1 aliphatic carbocycles. The Balaban J connectivity index is 1.81. The molecule has 1 unspecified atom stereocenters. The molecular formula is C25H25NO5. The average Bonchev–Trinajstić information content (AvgIpc) is 3.02. The van der Waals surface area contributed by atoms with Crippen LogP contribution in [0.25, 0.3) is 0 Å². The zero-order valence-corrected chi connectivity index (χ0v) is 17.3. The van der Waals surface area contributed by atoms with Gasteiger partial charge in [0.25, 0.3) is 11.8 Å². The third-order valence-electron chi connectivity index (χ3n) is 5.94. The van der Waals surface area contributed by atoms with Crippen molar-refractivity contribution in [3.05, 3.63) is 83.5 Å². The summed E-state index contributed by atoms with van der Waals surface area (Å²) >= 11 is 0. The lowest BCUT2D eigenvalue weighted by Gasteiger charge is -2.38. The van der Waals surface area contributed by atoms with Gasteiger partial charge in [-0.3, -0.25) is 14.4 Å². The third-order valence-corrected chi connectivity index (χ3v) is 5.94. The Bertz CT molecular complexity index is 991. The van der Waals surface area contributed by atoms with Crippen molar-refractivity contribution in [3.8, 4) is 11.5 Å². The maximum absolute atomic E-state index is 13.5. The Kier molecular flexibility index (Phi) is 5.65. The van der Waals surface area contributed by atoms with Crippen molar-refractivity contribution in [3.63, 3.8) is 0 Å². The van der Waals surface area contributed by atoms with Crippen LogP contribution in [0.2, 0.25) is 0 Å². The fourth-order valence-corrected chi connectivity index (χ4v) is 4.40. The molecule has 0 saturated carbocycles. The predicted molar refractivity (Wildman–Crippen MR) is 115 cm³/mol. The number of fused-ring (bicyclic) bond motifs is 1. The van der Waals surface area contributed by atoms with Crippen LogP contribution in [0, 0.1) is 5.92 Å². The van der Waals surface area contributed by atoms with Crippen LogP contribution < -0.4 is 0 Å². The lowest BCUT2D eigenvalue weighted by molar-refractivity contribution is -0.188. The quantitative estimate of drug-likeness (QED) is 0.524. The molecule has 2 amide bonds. The third kappa shape index (κ3) is 3.53. The molecule has 2 aromatic rings. The minimum atomic E-state index is -0.986. The summed E-state index contributed by atoms with van der Waals surface area (Å²) in [5.74, 6) is -1.47. The first kappa shape index (κ1) is 20.9. The molecule has 1 aliphatic heterocycles. The number of imide groups is 1. The van der Waals surface area contributed by atoms with Crippen LogP contribution in [0.4, 0.5) is 0 Å². The number of hydrogen-bond acceptors (Lipinski definition) is 5. The van der Waals surface area contributed by atoms with E-state index < -0.39 is 23.1 Å². The van der Waals surface area contributed by atoms with Crippen molar-refractivity contribution < 1.29 is 24.6 Å². The molecule has 1 saturated heterocycles. The largest absolute Gasteiger partial charge is 0.508 e. The lowest BCUT2D eigenvalue weighted by atomic mass is 9.62. The zero-order chi connectivity index (χ0) is 22.0. The predicted octanol–water partition coefficient (Wildman–Crippen LogP) is 3.99. The summed E-state index contributed by atoms with van der Waals surface area (Å²) < 4.78 is 0. The summed E-state index contributed by atoms with van der Waals surface area (Å²) in [5.41, 5.74) is 0.873. The summed E-state index contributed by atoms with van der Waals surface area (Å²) in [4.78, 5) is 32.2. The van der Waals surface area contributed by atoms with Crippen molar-refractivity contribution in [2.45, 2.75) is 31.6 Å². The molecule has 2 aliphatic rings. The van der Waals surface area contributed by atoms with Crippen LogP contribution >= 0.6 is 0 Å². The summed E-state index contributed by atoms with van der Waals surface area (Å²) in [7, 11) is 0. The maximum atomic E-state index is 13.5. The van der Waals surface area contributed by atoms with Gasteiger partial charge in [0.05, 0.1) is 17.9 Å². The molecule has 4 rings (SSSR count). The number of benzene rings is 2. The SMILES string of the molecule is CCCCCON1C(=O)C2=CC=CC(c3ccc(O)cc3)(c3ccc(O)cc3)C2C1=O. The average molecular weight is 419 g/mol. The van der Waals surface area contributed by atoms with Gasteiger partial charge in [-0.05, 0) is 41.8 Å².